The molecule has 5 aromatic rings. The lowest BCUT2D eigenvalue weighted by Crippen LogP contribution is -2.04. The Morgan fingerprint density at radius 2 is 0.975 bits per heavy atom. The van der Waals surface area contributed by atoms with Crippen molar-refractivity contribution < 1.29 is 26.3 Å². The monoisotopic (exact) mass is 582 g/mol. The third kappa shape index (κ3) is 5.59. The smallest absolute Gasteiger partial charge is 0.237 e. The van der Waals surface area contributed by atoms with Crippen LogP contribution >= 0.6 is 22.7 Å². The number of hydrogen-bond donors (Lipinski definition) is 0. The standard InChI is InChI=1S/C28H12F6N4S2/c29-27(30,31)19-5-1-15(2-6-19)17(13-35)9-25-37-21-11-24-22(12-23(21)39-25)38-26(40-24)10-18(14-36)16-3-7-20(8-4-16)28(32,33)34/h1-12H/b17-9+,18-10+. The predicted molar refractivity (Wildman–Crippen MR) is 143 cm³/mol. The van der Waals surface area contributed by atoms with Crippen LogP contribution in [-0.4, -0.2) is 9.97 Å². The molecule has 0 aliphatic rings. The minimum Gasteiger partial charge on any atom is -0.237 e. The van der Waals surface area contributed by atoms with Crippen LogP contribution in [0.25, 0.3) is 43.7 Å². The number of halogens is 6. The Kier molecular flexibility index (Phi) is 6.92. The fraction of sp³-hybridized carbons (Fsp3) is 0.0714. The number of hydrogen-bond acceptors (Lipinski definition) is 6. The Bertz CT molecular complexity index is 1690. The average Bonchev–Trinajstić information content (AvgIpc) is 3.49. The van der Waals surface area contributed by atoms with Crippen LogP contribution < -0.4 is 0 Å². The van der Waals surface area contributed by atoms with E-state index in [1.165, 1.54) is 59.1 Å². The van der Waals surface area contributed by atoms with Crippen LogP contribution in [0.2, 0.25) is 0 Å². The molecule has 0 N–H and O–H groups in total. The van der Waals surface area contributed by atoms with Gasteiger partial charge in [0.25, 0.3) is 0 Å². The molecular weight excluding hydrogens is 570 g/mol. The second-order valence-corrected chi connectivity index (χ2v) is 10.5. The Morgan fingerprint density at radius 1 is 0.625 bits per heavy atom. The highest BCUT2D eigenvalue weighted by Crippen LogP contribution is 2.35. The SMILES string of the molecule is N#C/C(=C\c1nc2cc3sc(/C=C(\C#N)c4ccc(C(F)(F)F)cc4)nc3cc2s1)c1ccc(C(F)(F)F)cc1. The van der Waals surface area contributed by atoms with Crippen molar-refractivity contribution in [3.8, 4) is 12.1 Å². The van der Waals surface area contributed by atoms with E-state index in [2.05, 4.69) is 9.97 Å². The normalized spacial score (nSPS) is 13.0. The number of rotatable bonds is 4. The zero-order valence-corrected chi connectivity index (χ0v) is 21.4. The summed E-state index contributed by atoms with van der Waals surface area (Å²) >= 11 is 2.54. The molecule has 0 amide bonds. The van der Waals surface area contributed by atoms with Gasteiger partial charge >= 0.3 is 12.4 Å². The molecular formula is C28H12F6N4S2. The van der Waals surface area contributed by atoms with Crippen LogP contribution in [0.3, 0.4) is 0 Å². The van der Waals surface area contributed by atoms with Crippen molar-refractivity contribution in [1.29, 1.82) is 10.5 Å². The summed E-state index contributed by atoms with van der Waals surface area (Å²) in [6.45, 7) is 0. The lowest BCUT2D eigenvalue weighted by atomic mass is 10.0. The molecule has 2 heterocycles. The summed E-state index contributed by atoms with van der Waals surface area (Å²) in [5.41, 5.74) is 0.602. The lowest BCUT2D eigenvalue weighted by molar-refractivity contribution is -0.138. The number of benzene rings is 3. The molecule has 0 saturated carbocycles. The maximum absolute atomic E-state index is 12.8. The molecule has 5 rings (SSSR count). The molecule has 0 bridgehead atoms. The van der Waals surface area contributed by atoms with E-state index in [1.807, 2.05) is 12.1 Å². The summed E-state index contributed by atoms with van der Waals surface area (Å²) in [4.78, 5) is 9.05. The molecule has 0 atom stereocenters. The van der Waals surface area contributed by atoms with E-state index in [1.54, 1.807) is 12.1 Å². The first-order valence-corrected chi connectivity index (χ1v) is 12.9. The van der Waals surface area contributed by atoms with Gasteiger partial charge in [-0.3, -0.25) is 0 Å². The van der Waals surface area contributed by atoms with E-state index in [-0.39, 0.29) is 11.1 Å². The maximum atomic E-state index is 12.8. The third-order valence-corrected chi connectivity index (χ3v) is 7.68. The molecule has 0 radical (unpaired) electrons. The highest BCUT2D eigenvalue weighted by atomic mass is 32.1. The van der Waals surface area contributed by atoms with Gasteiger partial charge in [0.05, 0.1) is 54.8 Å². The molecule has 0 saturated heterocycles. The number of aromatic nitrogens is 2. The molecule has 0 aliphatic heterocycles. The number of fused-ring (bicyclic) bond motifs is 2. The summed E-state index contributed by atoms with van der Waals surface area (Å²) in [7, 11) is 0. The summed E-state index contributed by atoms with van der Waals surface area (Å²) in [5, 5.41) is 20.1. The largest absolute Gasteiger partial charge is 0.416 e. The summed E-state index contributed by atoms with van der Waals surface area (Å²) < 4.78 is 78.6. The number of allylic oxidation sites excluding steroid dienone is 2. The van der Waals surface area contributed by atoms with E-state index in [0.717, 1.165) is 33.7 Å². The highest BCUT2D eigenvalue weighted by Gasteiger charge is 2.30. The van der Waals surface area contributed by atoms with E-state index in [9.17, 15) is 36.9 Å². The zero-order chi connectivity index (χ0) is 28.7. The Hall–Kier alpha value is -4.52. The number of nitriles is 2. The zero-order valence-electron chi connectivity index (χ0n) is 19.8. The van der Waals surface area contributed by atoms with Crippen molar-refractivity contribution in [2.75, 3.05) is 0 Å². The molecule has 0 aliphatic carbocycles. The quantitative estimate of drug-likeness (QED) is 0.157. The van der Waals surface area contributed by atoms with E-state index in [0.29, 0.717) is 32.2 Å². The van der Waals surface area contributed by atoms with Crippen LogP contribution in [0, 0.1) is 22.7 Å². The fourth-order valence-corrected chi connectivity index (χ4v) is 5.64. The van der Waals surface area contributed by atoms with Crippen molar-refractivity contribution in [2.45, 2.75) is 12.4 Å². The molecule has 0 unspecified atom stereocenters. The van der Waals surface area contributed by atoms with Gasteiger partial charge in [-0.05, 0) is 59.7 Å². The van der Waals surface area contributed by atoms with Crippen LogP contribution in [0.5, 0.6) is 0 Å². The minimum absolute atomic E-state index is 0.160. The molecule has 2 aromatic heterocycles. The van der Waals surface area contributed by atoms with Crippen molar-refractivity contribution in [3.05, 3.63) is 92.9 Å². The van der Waals surface area contributed by atoms with Gasteiger partial charge in [0.1, 0.15) is 10.0 Å². The first-order chi connectivity index (χ1) is 18.9. The van der Waals surface area contributed by atoms with E-state index < -0.39 is 23.5 Å². The highest BCUT2D eigenvalue weighted by molar-refractivity contribution is 7.21. The van der Waals surface area contributed by atoms with Crippen LogP contribution in [0.15, 0.2) is 60.7 Å². The van der Waals surface area contributed by atoms with Gasteiger partial charge in [0.15, 0.2) is 0 Å². The number of thiazole rings is 2. The summed E-state index contributed by atoms with van der Waals surface area (Å²) in [5.74, 6) is 0. The molecule has 198 valence electrons. The lowest BCUT2D eigenvalue weighted by Gasteiger charge is -2.06. The van der Waals surface area contributed by atoms with Gasteiger partial charge < -0.3 is 0 Å². The first-order valence-electron chi connectivity index (χ1n) is 11.2. The summed E-state index contributed by atoms with van der Waals surface area (Å²) in [6, 6.07) is 16.2. The molecule has 0 fully saturated rings. The van der Waals surface area contributed by atoms with Gasteiger partial charge in [0, 0.05) is 0 Å². The Balaban J connectivity index is 1.44. The van der Waals surface area contributed by atoms with Crippen molar-refractivity contribution >= 4 is 66.4 Å². The number of alkyl halides is 6. The average molecular weight is 583 g/mol. The Morgan fingerprint density at radius 3 is 1.27 bits per heavy atom. The fourth-order valence-electron chi connectivity index (χ4n) is 3.79. The predicted octanol–water partition coefficient (Wildman–Crippen LogP) is 9.07. The van der Waals surface area contributed by atoms with Gasteiger partial charge in [0.2, 0.25) is 0 Å². The van der Waals surface area contributed by atoms with Gasteiger partial charge in [-0.15, -0.1) is 22.7 Å². The molecule has 4 nitrogen and oxygen atoms in total. The first kappa shape index (κ1) is 27.1. The van der Waals surface area contributed by atoms with Crippen LogP contribution in [0.1, 0.15) is 32.3 Å². The van der Waals surface area contributed by atoms with Crippen molar-refractivity contribution in [3.63, 3.8) is 0 Å². The number of nitrogens with zero attached hydrogens (tertiary/aromatic N) is 4. The third-order valence-electron chi connectivity index (χ3n) is 5.75. The summed E-state index contributed by atoms with van der Waals surface area (Å²) in [6.07, 6.45) is -5.94. The van der Waals surface area contributed by atoms with E-state index in [4.69, 9.17) is 0 Å². The maximum Gasteiger partial charge on any atom is 0.416 e. The Labute approximate surface area is 230 Å². The van der Waals surface area contributed by atoms with Crippen LogP contribution in [-0.2, 0) is 12.4 Å². The molecule has 0 spiro atoms. The second kappa shape index (κ2) is 10.2. The molecule has 3 aromatic carbocycles. The minimum atomic E-state index is -4.48. The van der Waals surface area contributed by atoms with E-state index >= 15 is 0 Å². The second-order valence-electron chi connectivity index (χ2n) is 8.38. The molecule has 12 heteroatoms. The van der Waals surface area contributed by atoms with Gasteiger partial charge in [-0.1, -0.05) is 24.3 Å². The molecule has 40 heavy (non-hydrogen) atoms. The van der Waals surface area contributed by atoms with Gasteiger partial charge in [-0.2, -0.15) is 36.9 Å². The van der Waals surface area contributed by atoms with Crippen molar-refractivity contribution in [2.24, 2.45) is 0 Å². The van der Waals surface area contributed by atoms with Gasteiger partial charge in [-0.25, -0.2) is 9.97 Å². The topological polar surface area (TPSA) is 73.4 Å². The van der Waals surface area contributed by atoms with Crippen molar-refractivity contribution in [1.82, 2.24) is 9.97 Å². The van der Waals surface area contributed by atoms with Crippen LogP contribution in [0.4, 0.5) is 26.3 Å².